The van der Waals surface area contributed by atoms with Gasteiger partial charge in [-0.05, 0) is 45.6 Å². The van der Waals surface area contributed by atoms with Crippen molar-refractivity contribution in [3.05, 3.63) is 0 Å². The van der Waals surface area contributed by atoms with Gasteiger partial charge >= 0.3 is 0 Å². The van der Waals surface area contributed by atoms with Gasteiger partial charge in [-0.15, -0.1) is 0 Å². The average molecular weight is 196 g/mol. The van der Waals surface area contributed by atoms with Crippen LogP contribution < -0.4 is 10.6 Å². The zero-order chi connectivity index (χ0) is 9.80. The molecular formula is C12H24N2. The lowest BCUT2D eigenvalue weighted by molar-refractivity contribution is 0.461. The predicted octanol–water partition coefficient (Wildman–Crippen LogP) is 2.05. The summed E-state index contributed by atoms with van der Waals surface area (Å²) in [5.41, 5.74) is 0. The van der Waals surface area contributed by atoms with E-state index in [4.69, 9.17) is 0 Å². The van der Waals surface area contributed by atoms with E-state index in [1.165, 1.54) is 51.5 Å². The van der Waals surface area contributed by atoms with Crippen molar-refractivity contribution in [1.82, 2.24) is 10.6 Å². The second-order valence-corrected chi connectivity index (χ2v) is 5.07. The first-order chi connectivity index (χ1) is 6.84. The van der Waals surface area contributed by atoms with E-state index < -0.39 is 0 Å². The summed E-state index contributed by atoms with van der Waals surface area (Å²) in [7, 11) is 0. The van der Waals surface area contributed by atoms with Crippen molar-refractivity contribution < 1.29 is 0 Å². The van der Waals surface area contributed by atoms with E-state index >= 15 is 0 Å². The number of hydrogen-bond donors (Lipinski definition) is 2. The predicted molar refractivity (Wildman–Crippen MR) is 60.5 cm³/mol. The Hall–Kier alpha value is -0.0800. The molecule has 2 unspecified atom stereocenters. The molecular weight excluding hydrogens is 172 g/mol. The van der Waals surface area contributed by atoms with Gasteiger partial charge < -0.3 is 10.6 Å². The summed E-state index contributed by atoms with van der Waals surface area (Å²) in [6.07, 6.45) is 9.78. The van der Waals surface area contributed by atoms with Gasteiger partial charge in [-0.2, -0.15) is 0 Å². The van der Waals surface area contributed by atoms with Crippen LogP contribution in [0.25, 0.3) is 0 Å². The van der Waals surface area contributed by atoms with E-state index in [1.807, 2.05) is 0 Å². The molecule has 14 heavy (non-hydrogen) atoms. The molecule has 2 fully saturated rings. The Balaban J connectivity index is 1.54. The van der Waals surface area contributed by atoms with Crippen LogP contribution in [0.1, 0.15) is 51.9 Å². The highest BCUT2D eigenvalue weighted by Gasteiger charge is 2.20. The zero-order valence-electron chi connectivity index (χ0n) is 9.39. The van der Waals surface area contributed by atoms with Crippen molar-refractivity contribution in [2.24, 2.45) is 0 Å². The fourth-order valence-corrected chi connectivity index (χ4v) is 2.84. The molecule has 1 aliphatic carbocycles. The maximum atomic E-state index is 3.68. The van der Waals surface area contributed by atoms with Crippen LogP contribution in [0.5, 0.6) is 0 Å². The summed E-state index contributed by atoms with van der Waals surface area (Å²) >= 11 is 0. The summed E-state index contributed by atoms with van der Waals surface area (Å²) < 4.78 is 0. The van der Waals surface area contributed by atoms with E-state index in [0.717, 1.165) is 18.1 Å². The minimum Gasteiger partial charge on any atom is -0.314 e. The quantitative estimate of drug-likeness (QED) is 0.719. The van der Waals surface area contributed by atoms with Crippen LogP contribution in [0.4, 0.5) is 0 Å². The van der Waals surface area contributed by atoms with Crippen LogP contribution in [-0.4, -0.2) is 24.7 Å². The molecule has 0 aromatic heterocycles. The summed E-state index contributed by atoms with van der Waals surface area (Å²) in [5.74, 6) is 0. The van der Waals surface area contributed by atoms with Crippen molar-refractivity contribution in [2.75, 3.05) is 6.54 Å². The maximum Gasteiger partial charge on any atom is 0.00821 e. The molecule has 2 aliphatic rings. The Morgan fingerprint density at radius 3 is 2.57 bits per heavy atom. The number of rotatable bonds is 4. The van der Waals surface area contributed by atoms with Crippen molar-refractivity contribution >= 4 is 0 Å². The Morgan fingerprint density at radius 1 is 1.14 bits per heavy atom. The van der Waals surface area contributed by atoms with Gasteiger partial charge in [0, 0.05) is 18.1 Å². The van der Waals surface area contributed by atoms with Gasteiger partial charge in [0.15, 0.2) is 0 Å². The standard InChI is InChI=1S/C12H24N2/c1-10-6-7-12(14-10)8-9-13-11-4-2-3-5-11/h10-14H,2-9H2,1H3. The SMILES string of the molecule is CC1CCC(CCNC2CCCC2)N1. The number of nitrogens with one attached hydrogen (secondary N) is 2. The molecule has 1 heterocycles. The molecule has 0 spiro atoms. The van der Waals surface area contributed by atoms with E-state index in [9.17, 15) is 0 Å². The molecule has 1 saturated heterocycles. The van der Waals surface area contributed by atoms with Crippen molar-refractivity contribution in [2.45, 2.75) is 70.0 Å². The Labute approximate surface area is 87.8 Å². The van der Waals surface area contributed by atoms with E-state index in [0.29, 0.717) is 0 Å². The first-order valence-electron chi connectivity index (χ1n) is 6.34. The van der Waals surface area contributed by atoms with Crippen LogP contribution in [-0.2, 0) is 0 Å². The maximum absolute atomic E-state index is 3.68. The molecule has 2 heteroatoms. The second-order valence-electron chi connectivity index (χ2n) is 5.07. The summed E-state index contributed by atoms with van der Waals surface area (Å²) in [6.45, 7) is 3.51. The molecule has 82 valence electrons. The summed E-state index contributed by atoms with van der Waals surface area (Å²) in [5, 5.41) is 7.32. The van der Waals surface area contributed by atoms with Gasteiger partial charge in [-0.1, -0.05) is 12.8 Å². The fraction of sp³-hybridized carbons (Fsp3) is 1.00. The van der Waals surface area contributed by atoms with Crippen molar-refractivity contribution in [3.8, 4) is 0 Å². The molecule has 0 aromatic carbocycles. The highest BCUT2D eigenvalue weighted by atomic mass is 15.0. The first-order valence-corrected chi connectivity index (χ1v) is 6.34. The van der Waals surface area contributed by atoms with Crippen LogP contribution in [0, 0.1) is 0 Å². The third-order valence-corrected chi connectivity index (χ3v) is 3.75. The fourth-order valence-electron chi connectivity index (χ4n) is 2.84. The minimum absolute atomic E-state index is 0.756. The average Bonchev–Trinajstić information content (AvgIpc) is 2.77. The molecule has 0 aromatic rings. The molecule has 0 bridgehead atoms. The van der Waals surface area contributed by atoms with Gasteiger partial charge in [0.05, 0.1) is 0 Å². The third-order valence-electron chi connectivity index (χ3n) is 3.75. The van der Waals surface area contributed by atoms with Gasteiger partial charge in [0.2, 0.25) is 0 Å². The molecule has 2 rings (SSSR count). The molecule has 0 amide bonds. The first kappa shape index (κ1) is 10.4. The normalized spacial score (nSPS) is 34.1. The highest BCUT2D eigenvalue weighted by molar-refractivity contribution is 4.82. The molecule has 1 aliphatic heterocycles. The summed E-state index contributed by atoms with van der Waals surface area (Å²) in [6, 6.07) is 2.39. The largest absolute Gasteiger partial charge is 0.314 e. The lowest BCUT2D eigenvalue weighted by Crippen LogP contribution is -2.33. The summed E-state index contributed by atoms with van der Waals surface area (Å²) in [4.78, 5) is 0. The van der Waals surface area contributed by atoms with Crippen molar-refractivity contribution in [1.29, 1.82) is 0 Å². The molecule has 2 atom stereocenters. The molecule has 0 radical (unpaired) electrons. The second kappa shape index (κ2) is 5.13. The monoisotopic (exact) mass is 196 g/mol. The van der Waals surface area contributed by atoms with Gasteiger partial charge in [-0.3, -0.25) is 0 Å². The van der Waals surface area contributed by atoms with E-state index in [2.05, 4.69) is 17.6 Å². The van der Waals surface area contributed by atoms with Crippen LogP contribution in [0.15, 0.2) is 0 Å². The highest BCUT2D eigenvalue weighted by Crippen LogP contribution is 2.18. The minimum atomic E-state index is 0.756. The smallest absolute Gasteiger partial charge is 0.00821 e. The van der Waals surface area contributed by atoms with Crippen molar-refractivity contribution in [3.63, 3.8) is 0 Å². The van der Waals surface area contributed by atoms with Crippen LogP contribution >= 0.6 is 0 Å². The van der Waals surface area contributed by atoms with Gasteiger partial charge in [0.1, 0.15) is 0 Å². The van der Waals surface area contributed by atoms with E-state index in [-0.39, 0.29) is 0 Å². The Morgan fingerprint density at radius 2 is 1.93 bits per heavy atom. The lowest BCUT2D eigenvalue weighted by Gasteiger charge is -2.15. The third kappa shape index (κ3) is 2.96. The number of hydrogen-bond acceptors (Lipinski definition) is 2. The van der Waals surface area contributed by atoms with Gasteiger partial charge in [0.25, 0.3) is 0 Å². The van der Waals surface area contributed by atoms with E-state index in [1.54, 1.807) is 0 Å². The topological polar surface area (TPSA) is 24.1 Å². The lowest BCUT2D eigenvalue weighted by atomic mass is 10.1. The molecule has 1 saturated carbocycles. The Bertz CT molecular complexity index is 164. The molecule has 2 N–H and O–H groups in total. The molecule has 2 nitrogen and oxygen atoms in total. The zero-order valence-corrected chi connectivity index (χ0v) is 9.39. The van der Waals surface area contributed by atoms with Gasteiger partial charge in [-0.25, -0.2) is 0 Å². The van der Waals surface area contributed by atoms with Crippen LogP contribution in [0.3, 0.4) is 0 Å². The van der Waals surface area contributed by atoms with Crippen LogP contribution in [0.2, 0.25) is 0 Å². The Kier molecular flexibility index (Phi) is 3.82.